The molecule has 86 valence electrons. The van der Waals surface area contributed by atoms with Crippen LogP contribution < -0.4 is 5.32 Å². The molecule has 0 saturated carbocycles. The minimum atomic E-state index is -0.310. The highest BCUT2D eigenvalue weighted by atomic mass is 16.5. The van der Waals surface area contributed by atoms with E-state index in [0.717, 1.165) is 25.4 Å². The topological polar surface area (TPSA) is 47.6 Å². The molecule has 1 aliphatic rings. The van der Waals surface area contributed by atoms with E-state index in [9.17, 15) is 4.79 Å². The van der Waals surface area contributed by atoms with Crippen LogP contribution in [0.25, 0.3) is 0 Å². The summed E-state index contributed by atoms with van der Waals surface area (Å²) >= 11 is 0. The molecule has 1 aliphatic heterocycles. The standard InChI is InChI=1S/C12H15NO3/c1-15-12(14)10-3-2-4-11(5-10)13-6-9-7-16-8-9/h2-5,9,13H,6-8H2,1H3. The Bertz CT molecular complexity index is 374. The van der Waals surface area contributed by atoms with Crippen molar-refractivity contribution in [3.8, 4) is 0 Å². The van der Waals surface area contributed by atoms with Gasteiger partial charge in [-0.25, -0.2) is 4.79 Å². The van der Waals surface area contributed by atoms with Crippen LogP contribution >= 0.6 is 0 Å². The minimum Gasteiger partial charge on any atom is -0.465 e. The number of benzene rings is 1. The molecule has 1 aromatic rings. The molecule has 0 spiro atoms. The lowest BCUT2D eigenvalue weighted by Gasteiger charge is -2.26. The van der Waals surface area contributed by atoms with Gasteiger partial charge in [0.15, 0.2) is 0 Å². The Balaban J connectivity index is 1.95. The summed E-state index contributed by atoms with van der Waals surface area (Å²) in [5.74, 6) is 0.275. The van der Waals surface area contributed by atoms with Crippen LogP contribution in [0.4, 0.5) is 5.69 Å². The van der Waals surface area contributed by atoms with E-state index in [1.807, 2.05) is 12.1 Å². The molecular formula is C12H15NO3. The average molecular weight is 221 g/mol. The molecule has 2 rings (SSSR count). The monoisotopic (exact) mass is 221 g/mol. The van der Waals surface area contributed by atoms with Crippen LogP contribution in [-0.2, 0) is 9.47 Å². The lowest BCUT2D eigenvalue weighted by Crippen LogP contribution is -2.33. The van der Waals surface area contributed by atoms with Crippen molar-refractivity contribution in [2.75, 3.05) is 32.2 Å². The van der Waals surface area contributed by atoms with Crippen molar-refractivity contribution in [2.45, 2.75) is 0 Å². The molecule has 4 heteroatoms. The number of carbonyl (C=O) groups is 1. The van der Waals surface area contributed by atoms with Gasteiger partial charge in [-0.1, -0.05) is 6.07 Å². The zero-order valence-electron chi connectivity index (χ0n) is 9.23. The van der Waals surface area contributed by atoms with Gasteiger partial charge < -0.3 is 14.8 Å². The van der Waals surface area contributed by atoms with Gasteiger partial charge in [0.05, 0.1) is 25.9 Å². The maximum atomic E-state index is 11.3. The van der Waals surface area contributed by atoms with Gasteiger partial charge in [0.25, 0.3) is 0 Å². The predicted molar refractivity (Wildman–Crippen MR) is 60.6 cm³/mol. The van der Waals surface area contributed by atoms with Crippen LogP contribution in [-0.4, -0.2) is 32.8 Å². The highest BCUT2D eigenvalue weighted by Gasteiger charge is 2.17. The van der Waals surface area contributed by atoms with Crippen molar-refractivity contribution in [3.63, 3.8) is 0 Å². The van der Waals surface area contributed by atoms with Crippen molar-refractivity contribution in [2.24, 2.45) is 5.92 Å². The van der Waals surface area contributed by atoms with E-state index < -0.39 is 0 Å². The van der Waals surface area contributed by atoms with Gasteiger partial charge in [0.2, 0.25) is 0 Å². The number of anilines is 1. The molecule has 1 fully saturated rings. The van der Waals surface area contributed by atoms with Gasteiger partial charge in [-0.2, -0.15) is 0 Å². The number of carbonyl (C=O) groups excluding carboxylic acids is 1. The summed E-state index contributed by atoms with van der Waals surface area (Å²) < 4.78 is 9.75. The number of nitrogens with one attached hydrogen (secondary N) is 1. The van der Waals surface area contributed by atoms with Crippen LogP contribution in [0.3, 0.4) is 0 Å². The summed E-state index contributed by atoms with van der Waals surface area (Å²) in [7, 11) is 1.38. The second-order valence-corrected chi connectivity index (χ2v) is 3.86. The van der Waals surface area contributed by atoms with Gasteiger partial charge in [0, 0.05) is 18.2 Å². The molecule has 0 amide bonds. The van der Waals surface area contributed by atoms with Gasteiger partial charge in [-0.15, -0.1) is 0 Å². The maximum Gasteiger partial charge on any atom is 0.337 e. The Morgan fingerprint density at radius 2 is 2.38 bits per heavy atom. The number of hydrogen-bond donors (Lipinski definition) is 1. The fourth-order valence-corrected chi connectivity index (χ4v) is 1.54. The second kappa shape index (κ2) is 4.99. The van der Waals surface area contributed by atoms with E-state index in [2.05, 4.69) is 10.1 Å². The van der Waals surface area contributed by atoms with Crippen molar-refractivity contribution in [1.82, 2.24) is 0 Å². The van der Waals surface area contributed by atoms with Crippen molar-refractivity contribution >= 4 is 11.7 Å². The SMILES string of the molecule is COC(=O)c1cccc(NCC2COC2)c1. The summed E-state index contributed by atoms with van der Waals surface area (Å²) in [5.41, 5.74) is 1.51. The molecule has 0 unspecified atom stereocenters. The largest absolute Gasteiger partial charge is 0.465 e. The number of esters is 1. The van der Waals surface area contributed by atoms with Crippen molar-refractivity contribution in [1.29, 1.82) is 0 Å². The quantitative estimate of drug-likeness (QED) is 0.783. The maximum absolute atomic E-state index is 11.3. The predicted octanol–water partition coefficient (Wildman–Crippen LogP) is 1.53. The lowest BCUT2D eigenvalue weighted by atomic mass is 10.1. The van der Waals surface area contributed by atoms with E-state index in [0.29, 0.717) is 11.5 Å². The third kappa shape index (κ3) is 2.52. The summed E-state index contributed by atoms with van der Waals surface area (Å²) in [6.07, 6.45) is 0. The van der Waals surface area contributed by atoms with Crippen LogP contribution in [0.5, 0.6) is 0 Å². The average Bonchev–Trinajstić information content (AvgIpc) is 2.26. The molecule has 16 heavy (non-hydrogen) atoms. The van der Waals surface area contributed by atoms with E-state index in [4.69, 9.17) is 4.74 Å². The van der Waals surface area contributed by atoms with E-state index in [-0.39, 0.29) is 5.97 Å². The van der Waals surface area contributed by atoms with E-state index >= 15 is 0 Å². The van der Waals surface area contributed by atoms with Crippen molar-refractivity contribution < 1.29 is 14.3 Å². The Kier molecular flexibility index (Phi) is 3.41. The summed E-state index contributed by atoms with van der Waals surface area (Å²) in [6, 6.07) is 7.31. The first-order valence-electron chi connectivity index (χ1n) is 5.29. The lowest BCUT2D eigenvalue weighted by molar-refractivity contribution is -0.0248. The fraction of sp³-hybridized carbons (Fsp3) is 0.417. The van der Waals surface area contributed by atoms with Gasteiger partial charge in [0.1, 0.15) is 0 Å². The molecule has 4 nitrogen and oxygen atoms in total. The van der Waals surface area contributed by atoms with E-state index in [1.165, 1.54) is 7.11 Å². The molecule has 1 N–H and O–H groups in total. The van der Waals surface area contributed by atoms with Gasteiger partial charge in [-0.3, -0.25) is 0 Å². The number of rotatable bonds is 4. The Morgan fingerprint density at radius 3 is 3.00 bits per heavy atom. The first-order chi connectivity index (χ1) is 7.79. The first kappa shape index (κ1) is 11.0. The molecule has 0 atom stereocenters. The summed E-state index contributed by atoms with van der Waals surface area (Å²) in [4.78, 5) is 11.3. The Morgan fingerprint density at radius 1 is 1.56 bits per heavy atom. The summed E-state index contributed by atoms with van der Waals surface area (Å²) in [5, 5.41) is 3.28. The smallest absolute Gasteiger partial charge is 0.337 e. The highest BCUT2D eigenvalue weighted by molar-refractivity contribution is 5.90. The summed E-state index contributed by atoms with van der Waals surface area (Å²) in [6.45, 7) is 2.53. The highest BCUT2D eigenvalue weighted by Crippen LogP contribution is 2.14. The number of ether oxygens (including phenoxy) is 2. The Hall–Kier alpha value is -1.55. The van der Waals surface area contributed by atoms with Crippen LogP contribution in [0.1, 0.15) is 10.4 Å². The zero-order valence-corrected chi connectivity index (χ0v) is 9.23. The Labute approximate surface area is 94.6 Å². The van der Waals surface area contributed by atoms with Gasteiger partial charge >= 0.3 is 5.97 Å². The third-order valence-corrected chi connectivity index (χ3v) is 2.59. The first-order valence-corrected chi connectivity index (χ1v) is 5.29. The zero-order chi connectivity index (χ0) is 11.4. The second-order valence-electron chi connectivity index (χ2n) is 3.86. The molecule has 0 radical (unpaired) electrons. The third-order valence-electron chi connectivity index (χ3n) is 2.59. The molecule has 1 aromatic carbocycles. The normalized spacial score (nSPS) is 15.3. The molecule has 1 saturated heterocycles. The number of hydrogen-bond acceptors (Lipinski definition) is 4. The van der Waals surface area contributed by atoms with E-state index in [1.54, 1.807) is 12.1 Å². The molecule has 0 bridgehead atoms. The molecule has 1 heterocycles. The van der Waals surface area contributed by atoms with Crippen LogP contribution in [0.2, 0.25) is 0 Å². The van der Waals surface area contributed by atoms with Crippen molar-refractivity contribution in [3.05, 3.63) is 29.8 Å². The molecular weight excluding hydrogens is 206 g/mol. The molecule has 0 aromatic heterocycles. The number of methoxy groups -OCH3 is 1. The minimum absolute atomic E-state index is 0.310. The van der Waals surface area contributed by atoms with Crippen LogP contribution in [0.15, 0.2) is 24.3 Å². The van der Waals surface area contributed by atoms with Crippen LogP contribution in [0, 0.1) is 5.92 Å². The fourth-order valence-electron chi connectivity index (χ4n) is 1.54. The molecule has 0 aliphatic carbocycles. The van der Waals surface area contributed by atoms with Gasteiger partial charge in [-0.05, 0) is 18.2 Å².